The van der Waals surface area contributed by atoms with Crippen molar-refractivity contribution in [3.8, 4) is 0 Å². The summed E-state index contributed by atoms with van der Waals surface area (Å²) >= 11 is 0. The molecule has 1 aromatic carbocycles. The standard InChI is InChI=1S/C16H22FN5O/c1-2-3-8-22-16(18-19-20-22)12-21-9-10-23-15(11-21)13-4-6-14(17)7-5-13/h4-7,15H,2-3,8-12H2,1H3. The first-order valence-electron chi connectivity index (χ1n) is 8.10. The summed E-state index contributed by atoms with van der Waals surface area (Å²) in [6, 6.07) is 6.52. The van der Waals surface area contributed by atoms with Crippen LogP contribution in [0, 0.1) is 5.82 Å². The van der Waals surface area contributed by atoms with Gasteiger partial charge in [-0.1, -0.05) is 25.5 Å². The molecule has 1 fully saturated rings. The summed E-state index contributed by atoms with van der Waals surface area (Å²) in [6.07, 6.45) is 2.15. The molecule has 6 nitrogen and oxygen atoms in total. The van der Waals surface area contributed by atoms with Gasteiger partial charge in [0.15, 0.2) is 5.82 Å². The van der Waals surface area contributed by atoms with Crippen LogP contribution in [0.25, 0.3) is 0 Å². The van der Waals surface area contributed by atoms with Gasteiger partial charge < -0.3 is 4.74 Å². The van der Waals surface area contributed by atoms with Gasteiger partial charge in [-0.3, -0.25) is 4.90 Å². The van der Waals surface area contributed by atoms with Gasteiger partial charge in [0.2, 0.25) is 0 Å². The molecule has 23 heavy (non-hydrogen) atoms. The summed E-state index contributed by atoms with van der Waals surface area (Å²) in [5.41, 5.74) is 1.00. The van der Waals surface area contributed by atoms with Gasteiger partial charge in [0.25, 0.3) is 0 Å². The lowest BCUT2D eigenvalue weighted by Crippen LogP contribution is -2.38. The van der Waals surface area contributed by atoms with Gasteiger partial charge in [0, 0.05) is 19.6 Å². The van der Waals surface area contributed by atoms with E-state index in [1.54, 1.807) is 12.1 Å². The number of unbranched alkanes of at least 4 members (excludes halogenated alkanes) is 1. The zero-order valence-corrected chi connectivity index (χ0v) is 13.4. The van der Waals surface area contributed by atoms with E-state index in [0.29, 0.717) is 13.2 Å². The van der Waals surface area contributed by atoms with Gasteiger partial charge in [0.05, 0.1) is 19.3 Å². The molecule has 0 aliphatic carbocycles. The van der Waals surface area contributed by atoms with Crippen molar-refractivity contribution in [2.45, 2.75) is 39.0 Å². The van der Waals surface area contributed by atoms with Gasteiger partial charge >= 0.3 is 0 Å². The average Bonchev–Trinajstić information content (AvgIpc) is 3.01. The van der Waals surface area contributed by atoms with Crippen molar-refractivity contribution in [3.63, 3.8) is 0 Å². The number of rotatable bonds is 6. The number of hydrogen-bond acceptors (Lipinski definition) is 5. The molecule has 124 valence electrons. The zero-order valence-electron chi connectivity index (χ0n) is 13.4. The van der Waals surface area contributed by atoms with Crippen molar-refractivity contribution in [2.24, 2.45) is 0 Å². The van der Waals surface area contributed by atoms with Crippen LogP contribution in [0.3, 0.4) is 0 Å². The Hall–Kier alpha value is -1.86. The summed E-state index contributed by atoms with van der Waals surface area (Å²) < 4.78 is 20.8. The zero-order chi connectivity index (χ0) is 16.1. The van der Waals surface area contributed by atoms with Crippen LogP contribution in [0.15, 0.2) is 24.3 Å². The van der Waals surface area contributed by atoms with E-state index in [2.05, 4.69) is 27.3 Å². The second kappa shape index (κ2) is 7.61. The lowest BCUT2D eigenvalue weighted by Gasteiger charge is -2.32. The van der Waals surface area contributed by atoms with Gasteiger partial charge in [-0.05, 0) is 34.5 Å². The second-order valence-corrected chi connectivity index (χ2v) is 5.82. The van der Waals surface area contributed by atoms with Crippen molar-refractivity contribution >= 4 is 0 Å². The number of aromatic nitrogens is 4. The van der Waals surface area contributed by atoms with E-state index < -0.39 is 0 Å². The van der Waals surface area contributed by atoms with Crippen LogP contribution in [0.5, 0.6) is 0 Å². The molecule has 2 heterocycles. The molecule has 1 atom stereocenters. The first-order valence-corrected chi connectivity index (χ1v) is 8.10. The normalized spacial score (nSPS) is 19.1. The highest BCUT2D eigenvalue weighted by Crippen LogP contribution is 2.23. The van der Waals surface area contributed by atoms with E-state index in [0.717, 1.165) is 43.9 Å². The van der Waals surface area contributed by atoms with Gasteiger partial charge in [-0.15, -0.1) is 5.10 Å². The fourth-order valence-electron chi connectivity index (χ4n) is 2.74. The van der Waals surface area contributed by atoms with E-state index in [9.17, 15) is 4.39 Å². The first-order chi connectivity index (χ1) is 11.3. The van der Waals surface area contributed by atoms with Gasteiger partial charge in [0.1, 0.15) is 5.82 Å². The predicted molar refractivity (Wildman–Crippen MR) is 83.1 cm³/mol. The number of benzene rings is 1. The highest BCUT2D eigenvalue weighted by molar-refractivity contribution is 5.19. The van der Waals surface area contributed by atoms with Crippen molar-refractivity contribution in [3.05, 3.63) is 41.5 Å². The third kappa shape index (κ3) is 4.11. The van der Waals surface area contributed by atoms with E-state index in [4.69, 9.17) is 4.74 Å². The smallest absolute Gasteiger partial charge is 0.165 e. The number of nitrogens with zero attached hydrogens (tertiary/aromatic N) is 5. The van der Waals surface area contributed by atoms with E-state index in [-0.39, 0.29) is 11.9 Å². The monoisotopic (exact) mass is 319 g/mol. The summed E-state index contributed by atoms with van der Waals surface area (Å²) in [6.45, 7) is 5.96. The number of tetrazole rings is 1. The highest BCUT2D eigenvalue weighted by atomic mass is 19.1. The molecule has 1 aliphatic rings. The third-order valence-electron chi connectivity index (χ3n) is 4.09. The predicted octanol–water partition coefficient (Wildman–Crippen LogP) is 2.19. The first kappa shape index (κ1) is 16.0. The molecular formula is C16H22FN5O. The van der Waals surface area contributed by atoms with Crippen molar-refractivity contribution in [1.29, 1.82) is 0 Å². The molecule has 1 aromatic heterocycles. The fraction of sp³-hybridized carbons (Fsp3) is 0.562. The molecule has 0 spiro atoms. The van der Waals surface area contributed by atoms with Crippen LogP contribution in [0.1, 0.15) is 37.3 Å². The lowest BCUT2D eigenvalue weighted by atomic mass is 10.1. The van der Waals surface area contributed by atoms with Crippen LogP contribution in [-0.2, 0) is 17.8 Å². The SMILES string of the molecule is CCCCn1nnnc1CN1CCOC(c2ccc(F)cc2)C1. The molecule has 0 bridgehead atoms. The maximum absolute atomic E-state index is 13.1. The number of halogens is 1. The largest absolute Gasteiger partial charge is 0.371 e. The van der Waals surface area contributed by atoms with Crippen LogP contribution >= 0.6 is 0 Å². The van der Waals surface area contributed by atoms with Crippen LogP contribution in [-0.4, -0.2) is 44.8 Å². The molecule has 1 saturated heterocycles. The highest BCUT2D eigenvalue weighted by Gasteiger charge is 2.23. The Balaban J connectivity index is 1.62. The summed E-state index contributed by atoms with van der Waals surface area (Å²) in [5.74, 6) is 0.662. The molecule has 2 aromatic rings. The molecule has 0 radical (unpaired) electrons. The summed E-state index contributed by atoms with van der Waals surface area (Å²) in [7, 11) is 0. The van der Waals surface area contributed by atoms with E-state index in [1.165, 1.54) is 12.1 Å². The van der Waals surface area contributed by atoms with Crippen LogP contribution in [0.2, 0.25) is 0 Å². The molecule has 0 N–H and O–H groups in total. The van der Waals surface area contributed by atoms with Crippen LogP contribution < -0.4 is 0 Å². The Morgan fingerprint density at radius 3 is 2.91 bits per heavy atom. The van der Waals surface area contributed by atoms with Crippen LogP contribution in [0.4, 0.5) is 4.39 Å². The lowest BCUT2D eigenvalue weighted by molar-refractivity contribution is -0.0340. The Morgan fingerprint density at radius 1 is 1.30 bits per heavy atom. The summed E-state index contributed by atoms with van der Waals surface area (Å²) in [4.78, 5) is 2.28. The van der Waals surface area contributed by atoms with Crippen molar-refractivity contribution in [2.75, 3.05) is 19.7 Å². The van der Waals surface area contributed by atoms with Crippen molar-refractivity contribution in [1.82, 2.24) is 25.1 Å². The quantitative estimate of drug-likeness (QED) is 0.817. The molecule has 0 saturated carbocycles. The van der Waals surface area contributed by atoms with Crippen molar-refractivity contribution < 1.29 is 9.13 Å². The number of hydrogen-bond donors (Lipinski definition) is 0. The molecule has 1 aliphatic heterocycles. The van der Waals surface area contributed by atoms with Gasteiger partial charge in [-0.25, -0.2) is 9.07 Å². The Kier molecular flexibility index (Phi) is 5.30. The Labute approximate surface area is 135 Å². The topological polar surface area (TPSA) is 56.1 Å². The Bertz CT molecular complexity index is 615. The summed E-state index contributed by atoms with van der Waals surface area (Å²) in [5, 5.41) is 12.0. The number of morpholine rings is 1. The average molecular weight is 319 g/mol. The maximum Gasteiger partial charge on any atom is 0.165 e. The second-order valence-electron chi connectivity index (χ2n) is 5.82. The Morgan fingerprint density at radius 2 is 2.13 bits per heavy atom. The number of aryl methyl sites for hydroxylation is 1. The van der Waals surface area contributed by atoms with E-state index >= 15 is 0 Å². The van der Waals surface area contributed by atoms with Gasteiger partial charge in [-0.2, -0.15) is 0 Å². The minimum atomic E-state index is -0.225. The molecular weight excluding hydrogens is 297 g/mol. The number of ether oxygens (including phenoxy) is 1. The maximum atomic E-state index is 13.1. The fourth-order valence-corrected chi connectivity index (χ4v) is 2.74. The molecule has 3 rings (SSSR count). The molecule has 1 unspecified atom stereocenters. The minimum Gasteiger partial charge on any atom is -0.371 e. The third-order valence-corrected chi connectivity index (χ3v) is 4.09. The molecule has 0 amide bonds. The molecule has 7 heteroatoms. The van der Waals surface area contributed by atoms with E-state index in [1.807, 2.05) is 4.68 Å². The minimum absolute atomic E-state index is 0.0377.